The molecule has 0 bridgehead atoms. The van der Waals surface area contributed by atoms with E-state index >= 15 is 0 Å². The van der Waals surface area contributed by atoms with Crippen LogP contribution in [0.5, 0.6) is 0 Å². The minimum atomic E-state index is -0.741. The van der Waals surface area contributed by atoms with Gasteiger partial charge in [-0.15, -0.1) is 0 Å². The summed E-state index contributed by atoms with van der Waals surface area (Å²) in [6.45, 7) is 29.8. The minimum Gasteiger partial charge on any atom is -0.468 e. The molecule has 0 radical (unpaired) electrons. The maximum atomic E-state index is 9.99. The highest BCUT2D eigenvalue weighted by Gasteiger charge is 2.51. The smallest absolute Gasteiger partial charge is 0.297 e. The summed E-state index contributed by atoms with van der Waals surface area (Å²) in [7, 11) is 0. The van der Waals surface area contributed by atoms with Gasteiger partial charge in [0.2, 0.25) is 0 Å². The average Bonchev–Trinajstić information content (AvgIpc) is 1.14. The van der Waals surface area contributed by atoms with Crippen LogP contribution in [-0.4, -0.2) is 6.71 Å². The molecule has 5 heteroatoms. The Morgan fingerprint density at radius 3 is 1.59 bits per heavy atom. The Hall–Kier alpha value is -7.24. The summed E-state index contributed by atoms with van der Waals surface area (Å²) >= 11 is 0. The molecule has 79 heavy (non-hydrogen) atoms. The maximum absolute atomic E-state index is 9.99. The minimum absolute atomic E-state index is 0.00594. The van der Waals surface area contributed by atoms with Gasteiger partial charge in [-0.1, -0.05) is 194 Å². The fourth-order valence-corrected chi connectivity index (χ4v) is 13.4. The van der Waals surface area contributed by atoms with E-state index in [2.05, 4.69) is 161 Å². The molecule has 3 heterocycles. The lowest BCUT2D eigenvalue weighted by Gasteiger charge is -2.48. The zero-order valence-electron chi connectivity index (χ0n) is 63.2. The van der Waals surface area contributed by atoms with Gasteiger partial charge >= 0.3 is 0 Å². The van der Waals surface area contributed by atoms with Gasteiger partial charge in [-0.05, 0) is 181 Å². The molecule has 1 aromatic heterocycles. The topological polar surface area (TPSA) is 22.9 Å². The first kappa shape index (κ1) is 36.8. The third kappa shape index (κ3) is 8.14. The van der Waals surface area contributed by atoms with Crippen LogP contribution in [0.25, 0.3) is 22.1 Å². The van der Waals surface area contributed by atoms with E-state index in [1.165, 1.54) is 4.90 Å². The second-order valence-corrected chi connectivity index (χ2v) is 27.2. The Morgan fingerprint density at radius 1 is 0.494 bits per heavy atom. The van der Waals surface area contributed by atoms with E-state index in [1.54, 1.807) is 6.07 Å². The largest absolute Gasteiger partial charge is 0.468 e. The average molecular weight is 1050 g/mol. The van der Waals surface area contributed by atoms with Crippen LogP contribution in [0, 0.1) is 0 Å². The van der Waals surface area contributed by atoms with E-state index in [9.17, 15) is 16.4 Å². The van der Waals surface area contributed by atoms with Crippen LogP contribution in [0.4, 0.5) is 51.2 Å². The van der Waals surface area contributed by atoms with Gasteiger partial charge in [-0.3, -0.25) is 0 Å². The number of furan rings is 1. The van der Waals surface area contributed by atoms with Crippen molar-refractivity contribution < 1.29 is 25.0 Å². The van der Waals surface area contributed by atoms with Gasteiger partial charge in [0.15, 0.2) is 0 Å². The van der Waals surface area contributed by atoms with Gasteiger partial charge in [-0.25, -0.2) is 0 Å². The molecule has 2 aliphatic carbocycles. The lowest BCUT2D eigenvalue weighted by molar-refractivity contribution is 0.332. The number of rotatable bonds is 6. The van der Waals surface area contributed by atoms with Crippen LogP contribution >= 0.6 is 0 Å². The number of hydrogen-bond donors (Lipinski definition) is 0. The highest BCUT2D eigenvalue weighted by atomic mass is 16.3. The molecule has 0 atom stereocenters. The Morgan fingerprint density at radius 2 is 1.01 bits per heavy atom. The molecular weight excluding hydrogens is 958 g/mol. The summed E-state index contributed by atoms with van der Waals surface area (Å²) in [5, 5.41) is 0.791. The third-order valence-corrected chi connectivity index (χ3v) is 18.1. The molecule has 4 nitrogen and oxygen atoms in total. The molecule has 0 spiro atoms. The van der Waals surface area contributed by atoms with E-state index in [-0.39, 0.29) is 39.6 Å². The summed E-state index contributed by atoms with van der Waals surface area (Å²) in [5.41, 5.74) is 9.37. The molecular formula is C74H78BN3O. The van der Waals surface area contributed by atoms with E-state index in [0.29, 0.717) is 62.8 Å². The van der Waals surface area contributed by atoms with Gasteiger partial charge in [0.25, 0.3) is 6.71 Å². The summed E-state index contributed by atoms with van der Waals surface area (Å²) in [4.78, 5) is 5.45. The van der Waals surface area contributed by atoms with Crippen molar-refractivity contribution in [3.8, 4) is 11.1 Å². The summed E-state index contributed by atoms with van der Waals surface area (Å²) in [5.74, 6) is 0. The molecule has 0 fully saturated rings. The maximum Gasteiger partial charge on any atom is 0.297 e. The Balaban J connectivity index is 1.31. The van der Waals surface area contributed by atoms with Gasteiger partial charge in [0, 0.05) is 45.1 Å². The lowest BCUT2D eigenvalue weighted by atomic mass is 9.35. The third-order valence-electron chi connectivity index (χ3n) is 18.1. The van der Waals surface area contributed by atoms with E-state index < -0.39 is 113 Å². The van der Waals surface area contributed by atoms with Gasteiger partial charge < -0.3 is 19.1 Å². The van der Waals surface area contributed by atoms with Gasteiger partial charge in [0.05, 0.1) is 43.3 Å². The highest BCUT2D eigenvalue weighted by Crippen LogP contribution is 2.57. The number of benzene rings is 8. The molecule has 0 unspecified atom stereocenters. The molecule has 4 aliphatic rings. The molecule has 398 valence electrons. The Labute approximate surface area is 492 Å². The Bertz CT molecular complexity index is 4650. The number of nitrogens with zero attached hydrogens (tertiary/aromatic N) is 3. The first-order chi connectivity index (χ1) is 43.6. The van der Waals surface area contributed by atoms with Crippen LogP contribution in [0.3, 0.4) is 0 Å². The summed E-state index contributed by atoms with van der Waals surface area (Å²) in [6, 6.07) is 17.5. The second kappa shape index (κ2) is 17.6. The first-order valence-electron chi connectivity index (χ1n) is 35.5. The van der Waals surface area contributed by atoms with Crippen LogP contribution in [0.2, 0.25) is 0 Å². The molecule has 0 N–H and O–H groups in total. The summed E-state index contributed by atoms with van der Waals surface area (Å²) in [6.07, 6.45) is 3.20. The SMILES string of the molecule is [2H]c1c([2H])c([2H])c(-c2c(N3c4cc5c(cc4B4c6oc7ccc(C(C)(C)C)cc7c6N(c6ccc(C(C)(C)C)cc6)c6cc(N(c7c([2H])c([2H])c([2H])c([2H])c7[2H])c7c([2H])c([2H])c([2H])c([2H])c7[2H])cc3c64)C(C)(C)CCC5(C)C)ccc3c2C(C)(C)CCC3(C)C)c([2H])c1[2H]. The van der Waals surface area contributed by atoms with Crippen LogP contribution in [-0.2, 0) is 32.5 Å². The van der Waals surface area contributed by atoms with Gasteiger partial charge in [0.1, 0.15) is 5.58 Å². The number of fused-ring (bicyclic) bond motifs is 8. The van der Waals surface area contributed by atoms with Crippen molar-refractivity contribution in [2.24, 2.45) is 0 Å². The molecule has 8 aromatic carbocycles. The number of anilines is 9. The number of para-hydroxylation sites is 2. The van der Waals surface area contributed by atoms with Crippen LogP contribution < -0.4 is 31.3 Å². The molecule has 0 amide bonds. The molecule has 2 aliphatic heterocycles. The van der Waals surface area contributed by atoms with Crippen molar-refractivity contribution in [3.05, 3.63) is 203 Å². The monoisotopic (exact) mass is 1050 g/mol. The molecule has 0 saturated heterocycles. The molecule has 13 rings (SSSR count). The zero-order valence-corrected chi connectivity index (χ0v) is 48.2. The van der Waals surface area contributed by atoms with Crippen molar-refractivity contribution in [3.63, 3.8) is 0 Å². The first-order valence-corrected chi connectivity index (χ1v) is 28.0. The highest BCUT2D eigenvalue weighted by molar-refractivity contribution is 7.00. The van der Waals surface area contributed by atoms with E-state index in [4.69, 9.17) is 8.53 Å². The number of hydrogen-bond acceptors (Lipinski definition) is 4. The summed E-state index contributed by atoms with van der Waals surface area (Å²) < 4.78 is 149. The standard InChI is InChI=1S/C74H78BN3O/c1-69(2,3)48-30-33-52(34-31-48)77-61-43-53(76(50-26-20-16-21-27-50)51-28-22-17-23-29-51)44-62-66(61)75(68-67(77)54-42-49(70(4,5)6)32-37-63(54)79-68)58-45-56-57(73(11,12)39-38-72(56,9)10)46-60(58)78(62)59-36-35-55-65(64(59)47-24-18-15-19-25-47)74(13,14)41-40-71(55,7)8/h15-37,42-46H,38-41H2,1-14H3/i15D,16D,17D,18D,19D,20D,21D,22D,23D,24D,25D,26D,27D,28D,29D. The lowest BCUT2D eigenvalue weighted by Crippen LogP contribution is -2.61. The van der Waals surface area contributed by atoms with Crippen molar-refractivity contribution in [1.82, 2.24) is 0 Å². The predicted molar refractivity (Wildman–Crippen MR) is 338 cm³/mol. The fraction of sp³-hybridized carbons (Fsp3) is 0.324. The quantitative estimate of drug-likeness (QED) is 0.155. The van der Waals surface area contributed by atoms with Crippen molar-refractivity contribution in [1.29, 1.82) is 0 Å². The molecule has 9 aromatic rings. The molecule has 0 saturated carbocycles. The van der Waals surface area contributed by atoms with Crippen LogP contribution in [0.15, 0.2) is 174 Å². The van der Waals surface area contributed by atoms with E-state index in [0.717, 1.165) is 63.5 Å². The van der Waals surface area contributed by atoms with E-state index in [1.807, 2.05) is 18.2 Å². The van der Waals surface area contributed by atoms with Crippen molar-refractivity contribution >= 4 is 85.5 Å². The van der Waals surface area contributed by atoms with Crippen molar-refractivity contribution in [2.75, 3.05) is 14.7 Å². The second-order valence-electron chi connectivity index (χ2n) is 27.2. The fourth-order valence-electron chi connectivity index (χ4n) is 13.4. The van der Waals surface area contributed by atoms with Crippen molar-refractivity contribution in [2.45, 2.75) is 155 Å². The van der Waals surface area contributed by atoms with Crippen LogP contribution in [0.1, 0.15) is 177 Å². The van der Waals surface area contributed by atoms with Gasteiger partial charge in [-0.2, -0.15) is 0 Å². The Kier molecular flexibility index (Phi) is 8.22. The predicted octanol–water partition coefficient (Wildman–Crippen LogP) is 18.9. The normalized spacial score (nSPS) is 20.0. The zero-order chi connectivity index (χ0) is 68.4.